The molecule has 2 aromatic carbocycles. The van der Waals surface area contributed by atoms with Crippen LogP contribution in [-0.4, -0.2) is 138 Å². The number of anilines is 1. The molecule has 2 fully saturated rings. The minimum atomic E-state index is -3.82. The molecule has 0 bridgehead atoms. The van der Waals surface area contributed by atoms with Crippen LogP contribution in [-0.2, 0) is 52.7 Å². The summed E-state index contributed by atoms with van der Waals surface area (Å²) in [5, 5.41) is 5.73. The Labute approximate surface area is 321 Å². The minimum absolute atomic E-state index is 0.0785. The van der Waals surface area contributed by atoms with Gasteiger partial charge in [0.15, 0.2) is 11.6 Å². The second-order valence-electron chi connectivity index (χ2n) is 13.2. The summed E-state index contributed by atoms with van der Waals surface area (Å²) in [5.74, 6) is 1.64. The maximum absolute atomic E-state index is 12.3. The van der Waals surface area contributed by atoms with E-state index in [1.54, 1.807) is 23.5 Å². The van der Waals surface area contributed by atoms with Crippen molar-refractivity contribution in [3.8, 4) is 11.4 Å². The van der Waals surface area contributed by atoms with Gasteiger partial charge in [0.05, 0.1) is 79.3 Å². The van der Waals surface area contributed by atoms with Crippen LogP contribution >= 0.6 is 11.3 Å². The Kier molecular flexibility index (Phi) is 13.0. The van der Waals surface area contributed by atoms with Crippen LogP contribution in [0.3, 0.4) is 0 Å². The number of morpholine rings is 1. The number of fused-ring (bicyclic) bond motifs is 2. The van der Waals surface area contributed by atoms with E-state index in [2.05, 4.69) is 15.9 Å². The molecule has 0 saturated carbocycles. The maximum Gasteiger partial charge on any atom is 0.297 e. The van der Waals surface area contributed by atoms with Gasteiger partial charge in [0.2, 0.25) is 0 Å². The number of nitrogens with zero attached hydrogens (tertiary/aromatic N) is 7. The fourth-order valence-corrected chi connectivity index (χ4v) is 9.06. The van der Waals surface area contributed by atoms with Crippen molar-refractivity contribution in [1.29, 1.82) is 0 Å². The first-order valence-corrected chi connectivity index (χ1v) is 21.4. The van der Waals surface area contributed by atoms with Crippen molar-refractivity contribution in [1.82, 2.24) is 29.5 Å². The lowest BCUT2D eigenvalue weighted by molar-refractivity contribution is 0.0341. The average molecular weight is 799 g/mol. The second-order valence-corrected chi connectivity index (χ2v) is 16.8. The highest BCUT2D eigenvalue weighted by Gasteiger charge is 2.23. The predicted molar refractivity (Wildman–Crippen MR) is 206 cm³/mol. The summed E-state index contributed by atoms with van der Waals surface area (Å²) in [4.78, 5) is 18.2. The Hall–Kier alpha value is -3.43. The molecule has 0 N–H and O–H groups in total. The minimum Gasteiger partial charge on any atom is -0.771 e. The van der Waals surface area contributed by atoms with Gasteiger partial charge in [-0.15, -0.1) is 11.3 Å². The SMILES string of the molecule is Cc1ccc(S(=O)(=O)OCCOCCOCCn2cc3c(-c4nc(N5CCOCC5)c5sc(CN6CCN(CS(=O)[O-])CC6)cc5n4)cccc3n2)cc1. The number of benzene rings is 2. The van der Waals surface area contributed by atoms with Gasteiger partial charge in [-0.05, 0) is 42.3 Å². The van der Waals surface area contributed by atoms with E-state index in [1.807, 2.05) is 40.9 Å². The molecule has 0 radical (unpaired) electrons. The number of thiophene rings is 1. The van der Waals surface area contributed by atoms with Crippen LogP contribution in [0.25, 0.3) is 32.5 Å². The maximum atomic E-state index is 12.3. The standard InChI is InChI=1S/C36H45N7O8S3/c1-27-5-7-29(8-6-27)54(46,47)51-22-21-50-20-19-49-18-15-43-25-31-30(3-2-4-32(31)39-43)35-37-33-23-28(24-40-9-11-41(12-10-40)26-53(44)45)52-34(33)36(38-35)42-13-16-48-17-14-42/h2-8,23,25H,9-22,24,26H2,1H3,(H,44,45)/p-1. The van der Waals surface area contributed by atoms with E-state index in [0.29, 0.717) is 45.4 Å². The van der Waals surface area contributed by atoms with Gasteiger partial charge in [0.25, 0.3) is 10.1 Å². The third-order valence-corrected chi connectivity index (χ3v) is 12.3. The largest absolute Gasteiger partial charge is 0.771 e. The third-order valence-electron chi connectivity index (χ3n) is 9.30. The molecule has 1 unspecified atom stereocenters. The van der Waals surface area contributed by atoms with Gasteiger partial charge in [0.1, 0.15) is 0 Å². The molecule has 1 atom stereocenters. The molecule has 2 saturated heterocycles. The van der Waals surface area contributed by atoms with E-state index >= 15 is 0 Å². The van der Waals surface area contributed by atoms with Gasteiger partial charge in [-0.1, -0.05) is 29.8 Å². The quantitative estimate of drug-likeness (QED) is 0.0765. The molecule has 0 spiro atoms. The Morgan fingerprint density at radius 3 is 2.37 bits per heavy atom. The Morgan fingerprint density at radius 1 is 0.889 bits per heavy atom. The highest BCUT2D eigenvalue weighted by Crippen LogP contribution is 2.36. The van der Waals surface area contributed by atoms with Crippen LogP contribution in [0.1, 0.15) is 10.4 Å². The molecule has 5 heterocycles. The highest BCUT2D eigenvalue weighted by atomic mass is 32.2. The summed E-state index contributed by atoms with van der Waals surface area (Å²) >= 11 is -0.344. The van der Waals surface area contributed by atoms with Crippen molar-refractivity contribution in [3.05, 3.63) is 65.2 Å². The first-order chi connectivity index (χ1) is 26.2. The van der Waals surface area contributed by atoms with E-state index in [0.717, 1.165) is 83.9 Å². The smallest absolute Gasteiger partial charge is 0.297 e. The fourth-order valence-electron chi connectivity index (χ4n) is 6.46. The van der Waals surface area contributed by atoms with Gasteiger partial charge < -0.3 is 23.7 Å². The molecule has 2 aliphatic heterocycles. The Balaban J connectivity index is 0.963. The van der Waals surface area contributed by atoms with Crippen molar-refractivity contribution < 1.29 is 35.6 Å². The number of rotatable bonds is 17. The summed E-state index contributed by atoms with van der Waals surface area (Å²) in [6.07, 6.45) is 2.00. The molecule has 0 amide bonds. The van der Waals surface area contributed by atoms with Crippen LogP contribution in [0.2, 0.25) is 0 Å². The van der Waals surface area contributed by atoms with Gasteiger partial charge in [-0.25, -0.2) is 9.97 Å². The monoisotopic (exact) mass is 798 g/mol. The number of hydrogen-bond acceptors (Lipinski definition) is 15. The van der Waals surface area contributed by atoms with Crippen molar-refractivity contribution >= 4 is 59.5 Å². The molecule has 2 aliphatic rings. The Morgan fingerprint density at radius 2 is 1.61 bits per heavy atom. The van der Waals surface area contributed by atoms with Crippen molar-refractivity contribution in [2.45, 2.75) is 24.9 Å². The van der Waals surface area contributed by atoms with Crippen LogP contribution in [0.15, 0.2) is 59.6 Å². The first kappa shape index (κ1) is 38.8. The lowest BCUT2D eigenvalue weighted by Gasteiger charge is -2.34. The summed E-state index contributed by atoms with van der Waals surface area (Å²) in [5.41, 5.74) is 3.61. The van der Waals surface area contributed by atoms with Crippen LogP contribution in [0.4, 0.5) is 5.82 Å². The molecule has 290 valence electrons. The van der Waals surface area contributed by atoms with Gasteiger partial charge in [-0.2, -0.15) is 13.5 Å². The van der Waals surface area contributed by atoms with E-state index in [-0.39, 0.29) is 24.0 Å². The fraction of sp³-hybridized carbons (Fsp3) is 0.472. The van der Waals surface area contributed by atoms with Crippen molar-refractivity contribution in [3.63, 3.8) is 0 Å². The molecule has 18 heteroatoms. The summed E-state index contributed by atoms with van der Waals surface area (Å²) < 4.78 is 71.8. The molecule has 0 aliphatic carbocycles. The van der Waals surface area contributed by atoms with Gasteiger partial charge in [-0.3, -0.25) is 22.9 Å². The summed E-state index contributed by atoms with van der Waals surface area (Å²) in [6.45, 7) is 10.1. The number of ether oxygens (including phenoxy) is 3. The van der Waals surface area contributed by atoms with Crippen molar-refractivity contribution in [2.24, 2.45) is 0 Å². The second kappa shape index (κ2) is 18.0. The highest BCUT2D eigenvalue weighted by molar-refractivity contribution is 7.86. The molecular weight excluding hydrogens is 755 g/mol. The molecule has 15 nitrogen and oxygen atoms in total. The Bertz CT molecular complexity index is 2150. The third kappa shape index (κ3) is 9.86. The zero-order chi connectivity index (χ0) is 37.5. The van der Waals surface area contributed by atoms with E-state index < -0.39 is 21.2 Å². The van der Waals surface area contributed by atoms with Crippen LogP contribution in [0, 0.1) is 6.92 Å². The number of piperazine rings is 1. The van der Waals surface area contributed by atoms with Gasteiger partial charge >= 0.3 is 0 Å². The average Bonchev–Trinajstić information content (AvgIpc) is 3.78. The van der Waals surface area contributed by atoms with E-state index in [4.69, 9.17) is 33.5 Å². The van der Waals surface area contributed by atoms with E-state index in [1.165, 1.54) is 17.0 Å². The number of aromatic nitrogens is 4. The lowest BCUT2D eigenvalue weighted by atomic mass is 10.1. The summed E-state index contributed by atoms with van der Waals surface area (Å²) in [7, 11) is -3.82. The molecular formula is C36H44N7O8S3-. The molecule has 3 aromatic heterocycles. The van der Waals surface area contributed by atoms with Crippen LogP contribution < -0.4 is 4.90 Å². The zero-order valence-electron chi connectivity index (χ0n) is 30.1. The zero-order valence-corrected chi connectivity index (χ0v) is 32.6. The number of hydrogen-bond donors (Lipinski definition) is 0. The van der Waals surface area contributed by atoms with E-state index in [9.17, 15) is 17.2 Å². The van der Waals surface area contributed by atoms with Gasteiger partial charge in [0, 0.05) is 67.8 Å². The normalized spacial score (nSPS) is 16.8. The first-order valence-electron chi connectivity index (χ1n) is 17.9. The number of aryl methyl sites for hydroxylation is 1. The molecule has 54 heavy (non-hydrogen) atoms. The topological polar surface area (TPSA) is 165 Å². The summed E-state index contributed by atoms with van der Waals surface area (Å²) in [6, 6.07) is 14.7. The predicted octanol–water partition coefficient (Wildman–Crippen LogP) is 3.25. The lowest BCUT2D eigenvalue weighted by Crippen LogP contribution is -2.46. The molecule has 7 rings (SSSR count). The van der Waals surface area contributed by atoms with Crippen LogP contribution in [0.5, 0.6) is 0 Å². The molecule has 5 aromatic rings. The van der Waals surface area contributed by atoms with Crippen molar-refractivity contribution in [2.75, 3.05) is 96.3 Å².